The fraction of sp³-hybridized carbons (Fsp3) is 0.143. The lowest BCUT2D eigenvalue weighted by Gasteiger charge is -2.09. The van der Waals surface area contributed by atoms with Crippen LogP contribution in [0.15, 0.2) is 36.4 Å². The number of nitro benzene ring substituents is 1. The van der Waals surface area contributed by atoms with E-state index in [1.165, 1.54) is 30.3 Å². The van der Waals surface area contributed by atoms with Gasteiger partial charge in [-0.2, -0.15) is 0 Å². The fourth-order valence-corrected chi connectivity index (χ4v) is 1.88. The molecule has 0 saturated heterocycles. The van der Waals surface area contributed by atoms with Crippen LogP contribution in [0.25, 0.3) is 0 Å². The van der Waals surface area contributed by atoms with Gasteiger partial charge in [0.05, 0.1) is 11.5 Å². The number of hydrogen-bond acceptors (Lipinski definition) is 4. The smallest absolute Gasteiger partial charge is 0.310 e. The van der Waals surface area contributed by atoms with E-state index in [0.717, 1.165) is 6.07 Å². The van der Waals surface area contributed by atoms with Crippen LogP contribution in [0.5, 0.6) is 5.75 Å². The number of benzene rings is 2. The SMILES string of the molecule is O=[N+]([O-])c1ccc(CO)cc1OCc1ccc(Cl)cc1F. The van der Waals surface area contributed by atoms with Crippen molar-refractivity contribution in [2.45, 2.75) is 13.2 Å². The molecule has 0 spiro atoms. The molecule has 0 atom stereocenters. The molecule has 0 aliphatic rings. The van der Waals surface area contributed by atoms with Crippen molar-refractivity contribution in [3.8, 4) is 5.75 Å². The van der Waals surface area contributed by atoms with Gasteiger partial charge in [0.15, 0.2) is 5.75 Å². The van der Waals surface area contributed by atoms with Gasteiger partial charge in [0.25, 0.3) is 0 Å². The third-order valence-corrected chi connectivity index (χ3v) is 3.04. The molecular weight excluding hydrogens is 301 g/mol. The van der Waals surface area contributed by atoms with Gasteiger partial charge in [-0.1, -0.05) is 17.7 Å². The first kappa shape index (κ1) is 15.2. The van der Waals surface area contributed by atoms with Gasteiger partial charge in [0.2, 0.25) is 0 Å². The van der Waals surface area contributed by atoms with Crippen molar-refractivity contribution < 1.29 is 19.2 Å². The molecule has 1 N–H and O–H groups in total. The monoisotopic (exact) mass is 311 g/mol. The molecule has 0 amide bonds. The Balaban J connectivity index is 2.24. The van der Waals surface area contributed by atoms with Crippen molar-refractivity contribution in [1.29, 1.82) is 0 Å². The molecule has 7 heteroatoms. The highest BCUT2D eigenvalue weighted by atomic mass is 35.5. The molecule has 0 fully saturated rings. The molecule has 0 unspecified atom stereocenters. The minimum absolute atomic E-state index is 0.0269. The Kier molecular flexibility index (Phi) is 4.72. The third-order valence-electron chi connectivity index (χ3n) is 2.80. The molecular formula is C14H11ClFNO4. The number of nitrogens with zero attached hydrogens (tertiary/aromatic N) is 1. The maximum absolute atomic E-state index is 13.6. The van der Waals surface area contributed by atoms with Crippen LogP contribution in [-0.4, -0.2) is 10.0 Å². The van der Waals surface area contributed by atoms with Gasteiger partial charge in [-0.15, -0.1) is 0 Å². The van der Waals surface area contributed by atoms with E-state index in [1.807, 2.05) is 0 Å². The average molecular weight is 312 g/mol. The van der Waals surface area contributed by atoms with Crippen LogP contribution in [-0.2, 0) is 13.2 Å². The Hall–Kier alpha value is -2.18. The number of nitro groups is 1. The summed E-state index contributed by atoms with van der Waals surface area (Å²) in [6, 6.07) is 8.10. The van der Waals surface area contributed by atoms with Crippen LogP contribution in [0.4, 0.5) is 10.1 Å². The molecule has 0 aliphatic heterocycles. The van der Waals surface area contributed by atoms with Gasteiger partial charge in [-0.25, -0.2) is 4.39 Å². The maximum Gasteiger partial charge on any atom is 0.310 e. The molecule has 0 saturated carbocycles. The minimum Gasteiger partial charge on any atom is -0.482 e. The van der Waals surface area contributed by atoms with Gasteiger partial charge in [-0.3, -0.25) is 10.1 Å². The highest BCUT2D eigenvalue weighted by molar-refractivity contribution is 6.30. The largest absolute Gasteiger partial charge is 0.482 e. The third kappa shape index (κ3) is 3.68. The first-order chi connectivity index (χ1) is 10.0. The predicted molar refractivity (Wildman–Crippen MR) is 74.8 cm³/mol. The second-order valence-corrected chi connectivity index (χ2v) is 4.68. The van der Waals surface area contributed by atoms with E-state index in [-0.39, 0.29) is 35.2 Å². The van der Waals surface area contributed by atoms with Gasteiger partial charge in [0, 0.05) is 16.7 Å². The Morgan fingerprint density at radius 1 is 1.29 bits per heavy atom. The van der Waals surface area contributed by atoms with Crippen molar-refractivity contribution in [2.75, 3.05) is 0 Å². The van der Waals surface area contributed by atoms with Gasteiger partial charge in [0.1, 0.15) is 12.4 Å². The summed E-state index contributed by atoms with van der Waals surface area (Å²) < 4.78 is 18.9. The van der Waals surface area contributed by atoms with Crippen LogP contribution in [0.1, 0.15) is 11.1 Å². The van der Waals surface area contributed by atoms with Gasteiger partial charge in [-0.05, 0) is 29.8 Å². The minimum atomic E-state index is -0.602. The van der Waals surface area contributed by atoms with E-state index in [4.69, 9.17) is 21.4 Å². The summed E-state index contributed by atoms with van der Waals surface area (Å²) >= 11 is 5.64. The van der Waals surface area contributed by atoms with Crippen LogP contribution in [0.2, 0.25) is 5.02 Å². The summed E-state index contributed by atoms with van der Waals surface area (Å²) in [7, 11) is 0. The lowest BCUT2D eigenvalue weighted by Crippen LogP contribution is -2.02. The van der Waals surface area contributed by atoms with Gasteiger partial charge < -0.3 is 9.84 Å². The molecule has 0 heterocycles. The summed E-state index contributed by atoms with van der Waals surface area (Å²) in [4.78, 5) is 10.3. The number of aliphatic hydroxyl groups is 1. The van der Waals surface area contributed by atoms with Crippen molar-refractivity contribution in [1.82, 2.24) is 0 Å². The molecule has 0 radical (unpaired) electrons. The summed E-state index contributed by atoms with van der Waals surface area (Å²) in [5.41, 5.74) is 0.442. The first-order valence-corrected chi connectivity index (χ1v) is 6.34. The predicted octanol–water partition coefficient (Wildman–Crippen LogP) is 3.46. The number of ether oxygens (including phenoxy) is 1. The second kappa shape index (κ2) is 6.51. The second-order valence-electron chi connectivity index (χ2n) is 4.24. The normalized spacial score (nSPS) is 10.4. The van der Waals surface area contributed by atoms with E-state index < -0.39 is 10.7 Å². The van der Waals surface area contributed by atoms with Crippen molar-refractivity contribution in [2.24, 2.45) is 0 Å². The summed E-state index contributed by atoms with van der Waals surface area (Å²) in [6.07, 6.45) is 0. The lowest BCUT2D eigenvalue weighted by molar-refractivity contribution is -0.386. The van der Waals surface area contributed by atoms with Crippen LogP contribution in [0.3, 0.4) is 0 Å². The first-order valence-electron chi connectivity index (χ1n) is 5.96. The Labute approximate surface area is 124 Å². The summed E-state index contributed by atoms with van der Waals surface area (Å²) in [5.74, 6) is -0.579. The van der Waals surface area contributed by atoms with Gasteiger partial charge >= 0.3 is 5.69 Å². The van der Waals surface area contributed by atoms with E-state index in [0.29, 0.717) is 5.56 Å². The zero-order valence-corrected chi connectivity index (χ0v) is 11.5. The maximum atomic E-state index is 13.6. The van der Waals surface area contributed by atoms with E-state index in [1.54, 1.807) is 0 Å². The van der Waals surface area contributed by atoms with E-state index in [9.17, 15) is 14.5 Å². The number of rotatable bonds is 5. The number of halogens is 2. The van der Waals surface area contributed by atoms with Crippen molar-refractivity contribution >= 4 is 17.3 Å². The van der Waals surface area contributed by atoms with E-state index >= 15 is 0 Å². The Bertz CT molecular complexity index is 678. The Morgan fingerprint density at radius 2 is 2.05 bits per heavy atom. The zero-order chi connectivity index (χ0) is 15.4. The quantitative estimate of drug-likeness (QED) is 0.678. The standard InChI is InChI=1S/C14H11ClFNO4/c15-11-3-2-10(12(16)6-11)8-21-14-5-9(7-18)1-4-13(14)17(19)20/h1-6,18H,7-8H2. The number of hydrogen-bond donors (Lipinski definition) is 1. The molecule has 0 aliphatic carbocycles. The van der Waals surface area contributed by atoms with Crippen LogP contribution in [0, 0.1) is 15.9 Å². The molecule has 0 aromatic heterocycles. The highest BCUT2D eigenvalue weighted by Crippen LogP contribution is 2.29. The topological polar surface area (TPSA) is 72.6 Å². The van der Waals surface area contributed by atoms with Crippen molar-refractivity contribution in [3.05, 3.63) is 68.5 Å². The fourth-order valence-electron chi connectivity index (χ4n) is 1.72. The molecule has 2 rings (SSSR count). The van der Waals surface area contributed by atoms with E-state index in [2.05, 4.69) is 0 Å². The molecule has 2 aromatic carbocycles. The molecule has 21 heavy (non-hydrogen) atoms. The highest BCUT2D eigenvalue weighted by Gasteiger charge is 2.16. The molecule has 0 bridgehead atoms. The number of aliphatic hydroxyl groups excluding tert-OH is 1. The van der Waals surface area contributed by atoms with Crippen LogP contribution >= 0.6 is 11.6 Å². The Morgan fingerprint density at radius 3 is 2.67 bits per heavy atom. The molecule has 5 nitrogen and oxygen atoms in total. The lowest BCUT2D eigenvalue weighted by atomic mass is 10.2. The molecule has 110 valence electrons. The average Bonchev–Trinajstić information content (AvgIpc) is 2.45. The summed E-state index contributed by atoms with van der Waals surface area (Å²) in [5, 5.41) is 20.2. The van der Waals surface area contributed by atoms with Crippen molar-refractivity contribution in [3.63, 3.8) is 0 Å². The summed E-state index contributed by atoms with van der Waals surface area (Å²) in [6.45, 7) is -0.456. The zero-order valence-electron chi connectivity index (χ0n) is 10.8. The van der Waals surface area contributed by atoms with Crippen LogP contribution < -0.4 is 4.74 Å². The molecule has 2 aromatic rings.